The number of aliphatic hydroxyl groups is 1. The molecule has 1 saturated heterocycles. The summed E-state index contributed by atoms with van der Waals surface area (Å²) in [6, 6.07) is 5.79. The van der Waals surface area contributed by atoms with E-state index in [1.165, 1.54) is 0 Å². The summed E-state index contributed by atoms with van der Waals surface area (Å²) >= 11 is 9.51. The Morgan fingerprint density at radius 1 is 1.47 bits per heavy atom. The van der Waals surface area contributed by atoms with Crippen LogP contribution in [0.1, 0.15) is 5.56 Å². The molecule has 0 bridgehead atoms. The summed E-state index contributed by atoms with van der Waals surface area (Å²) in [6.07, 6.45) is 0. The predicted octanol–water partition coefficient (Wildman–Crippen LogP) is 2.20. The maximum atomic E-state index is 9.28. The van der Waals surface area contributed by atoms with E-state index in [-0.39, 0.29) is 12.0 Å². The van der Waals surface area contributed by atoms with Crippen molar-refractivity contribution in [2.24, 2.45) is 5.41 Å². The Balaban J connectivity index is 1.87. The zero-order valence-electron chi connectivity index (χ0n) is 9.38. The molecule has 0 radical (unpaired) electrons. The van der Waals surface area contributed by atoms with Crippen LogP contribution in [0, 0.1) is 5.41 Å². The molecule has 5 heteroatoms. The lowest BCUT2D eigenvalue weighted by atomic mass is 9.87. The third-order valence-electron chi connectivity index (χ3n) is 2.98. The third kappa shape index (κ3) is 3.20. The lowest BCUT2D eigenvalue weighted by molar-refractivity contribution is -0.134. The van der Waals surface area contributed by atoms with Crippen LogP contribution < -0.4 is 5.32 Å². The number of nitrogens with one attached hydrogen (secondary N) is 1. The van der Waals surface area contributed by atoms with Crippen molar-refractivity contribution >= 4 is 27.5 Å². The molecule has 17 heavy (non-hydrogen) atoms. The normalized spacial score (nSPS) is 17.8. The van der Waals surface area contributed by atoms with Gasteiger partial charge in [0, 0.05) is 22.6 Å². The second kappa shape index (κ2) is 5.67. The predicted molar refractivity (Wildman–Crippen MR) is 71.2 cm³/mol. The molecular weight excluding hydrogens is 305 g/mol. The van der Waals surface area contributed by atoms with E-state index in [0.29, 0.717) is 19.8 Å². The molecule has 0 unspecified atom stereocenters. The SMILES string of the molecule is OCC1(CNCc2cc(Br)ccc2Cl)COC1. The zero-order chi connectivity index (χ0) is 12.3. The number of halogens is 2. The van der Waals surface area contributed by atoms with Gasteiger partial charge in [0.2, 0.25) is 0 Å². The molecule has 94 valence electrons. The monoisotopic (exact) mass is 319 g/mol. The van der Waals surface area contributed by atoms with Gasteiger partial charge in [-0.2, -0.15) is 0 Å². The van der Waals surface area contributed by atoms with E-state index < -0.39 is 0 Å². The average molecular weight is 321 g/mol. The number of hydrogen-bond donors (Lipinski definition) is 2. The number of benzene rings is 1. The van der Waals surface area contributed by atoms with E-state index >= 15 is 0 Å². The van der Waals surface area contributed by atoms with Gasteiger partial charge in [-0.3, -0.25) is 0 Å². The first-order valence-corrected chi connectivity index (χ1v) is 6.66. The van der Waals surface area contributed by atoms with Gasteiger partial charge in [0.25, 0.3) is 0 Å². The van der Waals surface area contributed by atoms with Crippen LogP contribution in [0.2, 0.25) is 5.02 Å². The van der Waals surface area contributed by atoms with Gasteiger partial charge in [-0.15, -0.1) is 0 Å². The van der Waals surface area contributed by atoms with Crippen LogP contribution in [0.15, 0.2) is 22.7 Å². The zero-order valence-corrected chi connectivity index (χ0v) is 11.7. The van der Waals surface area contributed by atoms with Crippen LogP contribution >= 0.6 is 27.5 Å². The van der Waals surface area contributed by atoms with Gasteiger partial charge in [-0.05, 0) is 23.8 Å². The van der Waals surface area contributed by atoms with E-state index in [2.05, 4.69) is 21.2 Å². The molecule has 1 aliphatic heterocycles. The lowest BCUT2D eigenvalue weighted by Crippen LogP contribution is -2.52. The first-order valence-electron chi connectivity index (χ1n) is 5.48. The van der Waals surface area contributed by atoms with E-state index in [1.807, 2.05) is 18.2 Å². The fourth-order valence-electron chi connectivity index (χ4n) is 1.78. The second-order valence-electron chi connectivity index (χ2n) is 4.49. The van der Waals surface area contributed by atoms with Gasteiger partial charge < -0.3 is 15.2 Å². The van der Waals surface area contributed by atoms with Crippen LogP contribution in [-0.2, 0) is 11.3 Å². The molecule has 1 fully saturated rings. The molecule has 0 saturated carbocycles. The molecule has 0 aliphatic carbocycles. The van der Waals surface area contributed by atoms with Crippen LogP contribution in [0.3, 0.4) is 0 Å². The van der Waals surface area contributed by atoms with Crippen LogP contribution in [0.5, 0.6) is 0 Å². The quantitative estimate of drug-likeness (QED) is 0.874. The number of ether oxygens (including phenoxy) is 1. The van der Waals surface area contributed by atoms with Crippen molar-refractivity contribution in [3.05, 3.63) is 33.3 Å². The molecule has 0 spiro atoms. The van der Waals surface area contributed by atoms with Crippen LogP contribution in [-0.4, -0.2) is 31.5 Å². The van der Waals surface area contributed by atoms with Crippen molar-refractivity contribution in [2.45, 2.75) is 6.54 Å². The fraction of sp³-hybridized carbons (Fsp3) is 0.500. The van der Waals surface area contributed by atoms with Crippen LogP contribution in [0.25, 0.3) is 0 Å². The molecule has 2 N–H and O–H groups in total. The minimum Gasteiger partial charge on any atom is -0.396 e. The molecule has 2 rings (SSSR count). The minimum atomic E-state index is -0.0987. The highest BCUT2D eigenvalue weighted by Gasteiger charge is 2.37. The first-order chi connectivity index (χ1) is 8.15. The highest BCUT2D eigenvalue weighted by molar-refractivity contribution is 9.10. The van der Waals surface area contributed by atoms with Crippen molar-refractivity contribution in [3.8, 4) is 0 Å². The smallest absolute Gasteiger partial charge is 0.0579 e. The summed E-state index contributed by atoms with van der Waals surface area (Å²) in [4.78, 5) is 0. The van der Waals surface area contributed by atoms with Gasteiger partial charge in [0.15, 0.2) is 0 Å². The molecule has 1 aromatic carbocycles. The summed E-state index contributed by atoms with van der Waals surface area (Å²) in [5, 5.41) is 13.4. The molecule has 0 atom stereocenters. The molecule has 0 amide bonds. The maximum absolute atomic E-state index is 9.28. The third-order valence-corrected chi connectivity index (χ3v) is 3.84. The van der Waals surface area contributed by atoms with Gasteiger partial charge >= 0.3 is 0 Å². The topological polar surface area (TPSA) is 41.5 Å². The van der Waals surface area contributed by atoms with E-state index in [1.54, 1.807) is 0 Å². The molecule has 1 heterocycles. The first kappa shape index (κ1) is 13.3. The van der Waals surface area contributed by atoms with Crippen molar-refractivity contribution in [2.75, 3.05) is 26.4 Å². The standard InChI is InChI=1S/C12H15BrClNO2/c13-10-1-2-11(14)9(3-10)4-15-5-12(6-16)7-17-8-12/h1-3,15-16H,4-8H2. The van der Waals surface area contributed by atoms with Crippen molar-refractivity contribution < 1.29 is 9.84 Å². The van der Waals surface area contributed by atoms with Gasteiger partial charge in [0.1, 0.15) is 0 Å². The van der Waals surface area contributed by atoms with Crippen LogP contribution in [0.4, 0.5) is 0 Å². The second-order valence-corrected chi connectivity index (χ2v) is 5.81. The van der Waals surface area contributed by atoms with E-state index in [0.717, 1.165) is 21.6 Å². The highest BCUT2D eigenvalue weighted by atomic mass is 79.9. The lowest BCUT2D eigenvalue weighted by Gasteiger charge is -2.40. The number of rotatable bonds is 5. The largest absolute Gasteiger partial charge is 0.396 e. The summed E-state index contributed by atoms with van der Waals surface area (Å²) in [7, 11) is 0. The van der Waals surface area contributed by atoms with Gasteiger partial charge in [0.05, 0.1) is 25.2 Å². The maximum Gasteiger partial charge on any atom is 0.0579 e. The molecule has 1 aliphatic rings. The Hall–Kier alpha value is -0.130. The minimum absolute atomic E-state index is 0.0987. The summed E-state index contributed by atoms with van der Waals surface area (Å²) in [6.45, 7) is 2.85. The Morgan fingerprint density at radius 3 is 2.82 bits per heavy atom. The molecule has 3 nitrogen and oxygen atoms in total. The van der Waals surface area contributed by atoms with Gasteiger partial charge in [-0.1, -0.05) is 27.5 Å². The van der Waals surface area contributed by atoms with Crippen molar-refractivity contribution in [3.63, 3.8) is 0 Å². The average Bonchev–Trinajstić information content (AvgIpc) is 2.27. The Labute approximate surface area is 114 Å². The van der Waals surface area contributed by atoms with Gasteiger partial charge in [-0.25, -0.2) is 0 Å². The summed E-state index contributed by atoms with van der Waals surface area (Å²) in [5.74, 6) is 0. The van der Waals surface area contributed by atoms with E-state index in [9.17, 15) is 5.11 Å². The van der Waals surface area contributed by atoms with E-state index in [4.69, 9.17) is 16.3 Å². The van der Waals surface area contributed by atoms with Crippen molar-refractivity contribution in [1.29, 1.82) is 0 Å². The Bertz CT molecular complexity index is 391. The Kier molecular flexibility index (Phi) is 4.44. The molecular formula is C12H15BrClNO2. The highest BCUT2D eigenvalue weighted by Crippen LogP contribution is 2.26. The number of hydrogen-bond acceptors (Lipinski definition) is 3. The summed E-state index contributed by atoms with van der Waals surface area (Å²) < 4.78 is 6.16. The number of aliphatic hydroxyl groups excluding tert-OH is 1. The summed E-state index contributed by atoms with van der Waals surface area (Å²) in [5.41, 5.74) is 0.952. The fourth-order valence-corrected chi connectivity index (χ4v) is 2.37. The molecule has 0 aromatic heterocycles. The Morgan fingerprint density at radius 2 is 2.24 bits per heavy atom. The van der Waals surface area contributed by atoms with Crippen molar-refractivity contribution in [1.82, 2.24) is 5.32 Å². The molecule has 1 aromatic rings.